The number of aryl methyl sites for hydroxylation is 2. The van der Waals surface area contributed by atoms with E-state index in [9.17, 15) is 13.2 Å². The molecule has 0 spiro atoms. The molecule has 3 rings (SSSR count). The number of sulfonamides is 1. The largest absolute Gasteiger partial charge is 0.376 e. The molecular formula is C16H25N3O5S. The molecule has 0 radical (unpaired) electrons. The molecule has 8 nitrogen and oxygen atoms in total. The maximum atomic E-state index is 12.8. The number of hydrogen-bond donors (Lipinski definition) is 1. The summed E-state index contributed by atoms with van der Waals surface area (Å²) in [6, 6.07) is 0. The molecule has 0 bridgehead atoms. The van der Waals surface area contributed by atoms with Crippen LogP contribution in [0.25, 0.3) is 0 Å². The van der Waals surface area contributed by atoms with E-state index in [1.165, 1.54) is 4.31 Å². The number of carbonyl (C=O) groups excluding carboxylic acids is 1. The van der Waals surface area contributed by atoms with E-state index in [1.807, 2.05) is 0 Å². The minimum absolute atomic E-state index is 0.00936. The van der Waals surface area contributed by atoms with Gasteiger partial charge in [-0.1, -0.05) is 5.16 Å². The lowest BCUT2D eigenvalue weighted by atomic mass is 9.97. The second kappa shape index (κ2) is 7.43. The Hall–Kier alpha value is -1.45. The van der Waals surface area contributed by atoms with Crippen LogP contribution in [0.5, 0.6) is 0 Å². The van der Waals surface area contributed by atoms with Crippen LogP contribution >= 0.6 is 0 Å². The topological polar surface area (TPSA) is 102 Å². The van der Waals surface area contributed by atoms with Crippen LogP contribution in [0.15, 0.2) is 9.42 Å². The predicted molar refractivity (Wildman–Crippen MR) is 89.4 cm³/mol. The fourth-order valence-corrected chi connectivity index (χ4v) is 5.26. The standard InChI is InChI=1S/C16H25N3O5S/c1-11-15(12(2)24-18-11)25(21,22)19-7-5-13(6-8-19)16(20)17-10-14-4-3-9-23-14/h13-14H,3-10H2,1-2H3,(H,17,20)/t14-/m0/s1. The molecule has 9 heteroatoms. The highest BCUT2D eigenvalue weighted by molar-refractivity contribution is 7.89. The van der Waals surface area contributed by atoms with Gasteiger partial charge >= 0.3 is 0 Å². The van der Waals surface area contributed by atoms with Gasteiger partial charge in [-0.2, -0.15) is 4.31 Å². The number of nitrogens with zero attached hydrogens (tertiary/aromatic N) is 2. The van der Waals surface area contributed by atoms with Crippen LogP contribution in [0.4, 0.5) is 0 Å². The highest BCUT2D eigenvalue weighted by Crippen LogP contribution is 2.27. The fourth-order valence-electron chi connectivity index (χ4n) is 3.49. The summed E-state index contributed by atoms with van der Waals surface area (Å²) in [5.74, 6) is 0.135. The molecule has 0 unspecified atom stereocenters. The van der Waals surface area contributed by atoms with Gasteiger partial charge < -0.3 is 14.6 Å². The van der Waals surface area contributed by atoms with Gasteiger partial charge in [0.1, 0.15) is 10.6 Å². The zero-order chi connectivity index (χ0) is 18.0. The Balaban J connectivity index is 1.55. The number of rotatable bonds is 5. The van der Waals surface area contributed by atoms with Crippen molar-refractivity contribution in [3.05, 3.63) is 11.5 Å². The third-order valence-electron chi connectivity index (χ3n) is 4.92. The number of piperidine rings is 1. The predicted octanol–water partition coefficient (Wildman–Crippen LogP) is 0.987. The van der Waals surface area contributed by atoms with E-state index in [0.717, 1.165) is 19.4 Å². The van der Waals surface area contributed by atoms with E-state index in [4.69, 9.17) is 9.26 Å². The first kappa shape index (κ1) is 18.3. The van der Waals surface area contributed by atoms with Crippen molar-refractivity contribution in [3.63, 3.8) is 0 Å². The number of nitrogens with one attached hydrogen (secondary N) is 1. The van der Waals surface area contributed by atoms with Crippen molar-refractivity contribution < 1.29 is 22.5 Å². The Kier molecular flexibility index (Phi) is 5.45. The van der Waals surface area contributed by atoms with Gasteiger partial charge in [-0.05, 0) is 39.5 Å². The molecule has 2 saturated heterocycles. The van der Waals surface area contributed by atoms with Crippen LogP contribution in [0.3, 0.4) is 0 Å². The van der Waals surface area contributed by atoms with Gasteiger partial charge in [0.15, 0.2) is 5.76 Å². The first-order chi connectivity index (χ1) is 11.9. The van der Waals surface area contributed by atoms with Gasteiger partial charge in [0.25, 0.3) is 0 Å². The van der Waals surface area contributed by atoms with Gasteiger partial charge in [0.05, 0.1) is 6.10 Å². The van der Waals surface area contributed by atoms with E-state index in [2.05, 4.69) is 10.5 Å². The van der Waals surface area contributed by atoms with Crippen molar-refractivity contribution in [2.45, 2.75) is 50.5 Å². The molecule has 3 heterocycles. The second-order valence-electron chi connectivity index (χ2n) is 6.71. The van der Waals surface area contributed by atoms with Crippen molar-refractivity contribution >= 4 is 15.9 Å². The summed E-state index contributed by atoms with van der Waals surface area (Å²) < 4.78 is 37.4. The summed E-state index contributed by atoms with van der Waals surface area (Å²) in [5.41, 5.74) is 0.369. The Morgan fingerprint density at radius 2 is 2.00 bits per heavy atom. The first-order valence-electron chi connectivity index (χ1n) is 8.72. The van der Waals surface area contributed by atoms with Gasteiger partial charge in [-0.3, -0.25) is 4.79 Å². The number of aromatic nitrogens is 1. The van der Waals surface area contributed by atoms with Crippen LogP contribution in [0.2, 0.25) is 0 Å². The summed E-state index contributed by atoms with van der Waals surface area (Å²) in [7, 11) is -3.63. The monoisotopic (exact) mass is 371 g/mol. The Labute approximate surface area is 147 Å². The van der Waals surface area contributed by atoms with E-state index in [0.29, 0.717) is 43.9 Å². The molecule has 2 aliphatic heterocycles. The molecule has 1 atom stereocenters. The maximum absolute atomic E-state index is 12.8. The first-order valence-corrected chi connectivity index (χ1v) is 10.2. The number of hydrogen-bond acceptors (Lipinski definition) is 6. The molecule has 0 aliphatic carbocycles. The fraction of sp³-hybridized carbons (Fsp3) is 0.750. The van der Waals surface area contributed by atoms with Crippen LogP contribution in [0.1, 0.15) is 37.1 Å². The van der Waals surface area contributed by atoms with Gasteiger partial charge in [0.2, 0.25) is 15.9 Å². The van der Waals surface area contributed by atoms with Gasteiger partial charge in [0, 0.05) is 32.2 Å². The van der Waals surface area contributed by atoms with Crippen LogP contribution in [-0.2, 0) is 19.6 Å². The third kappa shape index (κ3) is 3.88. The maximum Gasteiger partial charge on any atom is 0.248 e. The smallest absolute Gasteiger partial charge is 0.248 e. The Bertz CT molecular complexity index is 697. The normalized spacial score (nSPS) is 23.0. The number of amides is 1. The molecule has 25 heavy (non-hydrogen) atoms. The Morgan fingerprint density at radius 3 is 2.56 bits per heavy atom. The van der Waals surface area contributed by atoms with Crippen LogP contribution < -0.4 is 5.32 Å². The summed E-state index contributed by atoms with van der Waals surface area (Å²) in [6.07, 6.45) is 3.16. The molecule has 2 fully saturated rings. The van der Waals surface area contributed by atoms with Crippen LogP contribution in [-0.4, -0.2) is 56.1 Å². The SMILES string of the molecule is Cc1noc(C)c1S(=O)(=O)N1CCC(C(=O)NC[C@@H]2CCCO2)CC1. The van der Waals surface area contributed by atoms with Gasteiger partial charge in [-0.15, -0.1) is 0 Å². The average Bonchev–Trinajstić information content (AvgIpc) is 3.22. The molecule has 1 amide bonds. The Morgan fingerprint density at radius 1 is 1.28 bits per heavy atom. The lowest BCUT2D eigenvalue weighted by Gasteiger charge is -2.30. The number of ether oxygens (including phenoxy) is 1. The van der Waals surface area contributed by atoms with Crippen LogP contribution in [0, 0.1) is 19.8 Å². The summed E-state index contributed by atoms with van der Waals surface area (Å²) >= 11 is 0. The molecule has 1 N–H and O–H groups in total. The lowest BCUT2D eigenvalue weighted by molar-refractivity contribution is -0.126. The third-order valence-corrected chi connectivity index (χ3v) is 7.06. The zero-order valence-electron chi connectivity index (χ0n) is 14.7. The molecule has 0 saturated carbocycles. The van der Waals surface area contributed by atoms with E-state index < -0.39 is 10.0 Å². The molecule has 140 valence electrons. The minimum Gasteiger partial charge on any atom is -0.376 e. The van der Waals surface area contributed by atoms with Crippen molar-refractivity contribution in [1.29, 1.82) is 0 Å². The minimum atomic E-state index is -3.63. The molecule has 0 aromatic carbocycles. The van der Waals surface area contributed by atoms with Crippen molar-refractivity contribution in [2.75, 3.05) is 26.2 Å². The summed E-state index contributed by atoms with van der Waals surface area (Å²) in [5, 5.41) is 6.66. The van der Waals surface area contributed by atoms with Crippen molar-refractivity contribution in [2.24, 2.45) is 5.92 Å². The van der Waals surface area contributed by atoms with Crippen molar-refractivity contribution in [3.8, 4) is 0 Å². The van der Waals surface area contributed by atoms with E-state index in [1.54, 1.807) is 13.8 Å². The second-order valence-corrected chi connectivity index (χ2v) is 8.59. The average molecular weight is 371 g/mol. The molecule has 1 aromatic rings. The summed E-state index contributed by atoms with van der Waals surface area (Å²) in [6.45, 7) is 5.16. The van der Waals surface area contributed by atoms with E-state index in [-0.39, 0.29) is 22.8 Å². The number of carbonyl (C=O) groups is 1. The van der Waals surface area contributed by atoms with E-state index >= 15 is 0 Å². The summed E-state index contributed by atoms with van der Waals surface area (Å²) in [4.78, 5) is 12.4. The zero-order valence-corrected chi connectivity index (χ0v) is 15.5. The quantitative estimate of drug-likeness (QED) is 0.828. The highest BCUT2D eigenvalue weighted by atomic mass is 32.2. The highest BCUT2D eigenvalue weighted by Gasteiger charge is 2.35. The van der Waals surface area contributed by atoms with Gasteiger partial charge in [-0.25, -0.2) is 8.42 Å². The molecule has 1 aromatic heterocycles. The van der Waals surface area contributed by atoms with Crippen molar-refractivity contribution in [1.82, 2.24) is 14.8 Å². The molecule has 2 aliphatic rings. The lowest BCUT2D eigenvalue weighted by Crippen LogP contribution is -2.44. The molecular weight excluding hydrogens is 346 g/mol.